The van der Waals surface area contributed by atoms with Gasteiger partial charge in [-0.05, 0) is 104 Å². The minimum absolute atomic E-state index is 0.0608. The first-order valence-electron chi connectivity index (χ1n) is 15.2. The maximum absolute atomic E-state index is 12.9. The second-order valence-electron chi connectivity index (χ2n) is 12.0. The summed E-state index contributed by atoms with van der Waals surface area (Å²) in [6.45, 7) is 6.67. The lowest BCUT2D eigenvalue weighted by Gasteiger charge is -2.41. The van der Waals surface area contributed by atoms with Gasteiger partial charge in [0.2, 0.25) is 10.0 Å². The highest BCUT2D eigenvalue weighted by Crippen LogP contribution is 2.41. The summed E-state index contributed by atoms with van der Waals surface area (Å²) in [4.78, 5) is 15.3. The highest BCUT2D eigenvalue weighted by Gasteiger charge is 2.33. The Hall–Kier alpha value is -1.94. The highest BCUT2D eigenvalue weighted by molar-refractivity contribution is 7.99. The number of carbonyl (C=O) groups is 1. The van der Waals surface area contributed by atoms with Gasteiger partial charge in [0.05, 0.1) is 23.6 Å². The van der Waals surface area contributed by atoms with E-state index >= 15 is 0 Å². The fourth-order valence-electron chi connectivity index (χ4n) is 5.46. The summed E-state index contributed by atoms with van der Waals surface area (Å²) in [5.74, 6) is 2.37. The molecular weight excluding hydrogens is 592 g/mol. The van der Waals surface area contributed by atoms with Crippen molar-refractivity contribution >= 4 is 45.0 Å². The van der Waals surface area contributed by atoms with Crippen LogP contribution in [0.2, 0.25) is 5.02 Å². The van der Waals surface area contributed by atoms with Crippen LogP contribution in [0.5, 0.6) is 5.75 Å². The van der Waals surface area contributed by atoms with Crippen LogP contribution in [0.25, 0.3) is 0 Å². The number of nitrogens with zero attached hydrogens (tertiary/aromatic N) is 1. The molecule has 0 radical (unpaired) electrons. The molecule has 10 heteroatoms. The molecule has 2 atom stereocenters. The molecule has 2 aliphatic rings. The zero-order valence-electron chi connectivity index (χ0n) is 24.9. The Bertz CT molecular complexity index is 1300. The maximum atomic E-state index is 12.9. The molecule has 4 rings (SSSR count). The maximum Gasteiger partial charge on any atom is 0.338 e. The number of sulfonamides is 1. The lowest BCUT2D eigenvalue weighted by molar-refractivity contribution is 0.0459. The number of rotatable bonds is 12. The van der Waals surface area contributed by atoms with E-state index in [2.05, 4.69) is 17.0 Å². The lowest BCUT2D eigenvalue weighted by Crippen LogP contribution is -2.40. The van der Waals surface area contributed by atoms with Crippen LogP contribution in [0.4, 0.5) is 5.69 Å². The SMILES string of the molecule is CC(C)COC(=O)c1ccc2c(c1)N(C[C@H]1CC[C@@H]1SCCCCCS(N)(=O)=O)CCCCc1cc(Cl)ccc1CO2. The Labute approximate surface area is 260 Å². The molecule has 2 aromatic carbocycles. The molecule has 1 heterocycles. The van der Waals surface area contributed by atoms with Crippen molar-refractivity contribution < 1.29 is 22.7 Å². The van der Waals surface area contributed by atoms with E-state index in [0.717, 1.165) is 73.0 Å². The number of benzene rings is 2. The molecule has 2 aromatic rings. The zero-order chi connectivity index (χ0) is 30.1. The molecule has 2 N–H and O–H groups in total. The Kier molecular flexibility index (Phi) is 12.3. The van der Waals surface area contributed by atoms with Gasteiger partial charge in [0.25, 0.3) is 0 Å². The number of carbonyl (C=O) groups excluding carboxylic acids is 1. The third kappa shape index (κ3) is 10.1. The van der Waals surface area contributed by atoms with Crippen molar-refractivity contribution in [1.29, 1.82) is 0 Å². The number of hydrogen-bond acceptors (Lipinski definition) is 7. The number of hydrogen-bond donors (Lipinski definition) is 1. The Balaban J connectivity index is 1.48. The van der Waals surface area contributed by atoms with Crippen LogP contribution in [0.1, 0.15) is 80.3 Å². The number of unbranched alkanes of at least 4 members (excludes halogenated alkanes) is 2. The molecule has 0 amide bonds. The summed E-state index contributed by atoms with van der Waals surface area (Å²) in [5.41, 5.74) is 3.86. The van der Waals surface area contributed by atoms with Gasteiger partial charge in [0.1, 0.15) is 12.4 Å². The van der Waals surface area contributed by atoms with Crippen LogP contribution in [0, 0.1) is 11.8 Å². The van der Waals surface area contributed by atoms with Gasteiger partial charge in [-0.2, -0.15) is 11.8 Å². The molecule has 1 saturated carbocycles. The molecule has 0 saturated heterocycles. The summed E-state index contributed by atoms with van der Waals surface area (Å²) in [5, 5.41) is 6.45. The van der Waals surface area contributed by atoms with Crippen molar-refractivity contribution in [2.45, 2.75) is 77.1 Å². The number of primary sulfonamides is 1. The predicted octanol–water partition coefficient (Wildman–Crippen LogP) is 6.85. The first-order valence-corrected chi connectivity index (χ1v) is 18.3. The molecule has 1 aliphatic carbocycles. The Morgan fingerprint density at radius 3 is 2.69 bits per heavy atom. The Morgan fingerprint density at radius 1 is 1.12 bits per heavy atom. The van der Waals surface area contributed by atoms with Crippen molar-refractivity contribution in [2.75, 3.05) is 36.1 Å². The quantitative estimate of drug-likeness (QED) is 0.201. The summed E-state index contributed by atoms with van der Waals surface area (Å²) in [6.07, 6.45) is 7.87. The van der Waals surface area contributed by atoms with E-state index in [9.17, 15) is 13.2 Å². The lowest BCUT2D eigenvalue weighted by atomic mass is 9.84. The van der Waals surface area contributed by atoms with Gasteiger partial charge >= 0.3 is 5.97 Å². The monoisotopic (exact) mass is 636 g/mol. The number of aryl methyl sites for hydroxylation is 1. The van der Waals surface area contributed by atoms with Gasteiger partial charge in [-0.3, -0.25) is 0 Å². The van der Waals surface area contributed by atoms with Gasteiger partial charge in [-0.1, -0.05) is 37.9 Å². The van der Waals surface area contributed by atoms with E-state index in [4.69, 9.17) is 26.2 Å². The second kappa shape index (κ2) is 15.7. The van der Waals surface area contributed by atoms with E-state index in [-0.39, 0.29) is 17.6 Å². The Morgan fingerprint density at radius 2 is 1.95 bits per heavy atom. The molecular formula is C32H45ClN2O5S2. The standard InChI is InChI=1S/C32H45ClN2O5S2/c1-23(2)21-40-32(36)25-10-13-30-29(19-25)35(15-5-4-8-24-18-28(33)12-9-27(24)22-39-30)20-26-11-14-31(26)41-16-6-3-7-17-42(34,37)38/h9-10,12-13,18-19,23,26,31H,3-8,11,14-17,20-22H2,1-2H3,(H2,34,37,38)/t26-,31+/m1/s1. The van der Waals surface area contributed by atoms with Gasteiger partial charge in [0, 0.05) is 23.4 Å². The van der Waals surface area contributed by atoms with Crippen LogP contribution in [0.15, 0.2) is 36.4 Å². The number of anilines is 1. The van der Waals surface area contributed by atoms with Crippen molar-refractivity contribution in [2.24, 2.45) is 17.0 Å². The van der Waals surface area contributed by atoms with Crippen LogP contribution < -0.4 is 14.8 Å². The summed E-state index contributed by atoms with van der Waals surface area (Å²) >= 11 is 8.33. The van der Waals surface area contributed by atoms with Crippen molar-refractivity contribution in [3.63, 3.8) is 0 Å². The van der Waals surface area contributed by atoms with Crippen molar-refractivity contribution in [1.82, 2.24) is 0 Å². The number of nitrogens with two attached hydrogens (primary N) is 1. The van der Waals surface area contributed by atoms with Crippen molar-refractivity contribution in [3.8, 4) is 5.75 Å². The fraction of sp³-hybridized carbons (Fsp3) is 0.594. The third-order valence-corrected chi connectivity index (χ3v) is 10.6. The van der Waals surface area contributed by atoms with Gasteiger partial charge in [0.15, 0.2) is 0 Å². The molecule has 0 spiro atoms. The third-order valence-electron chi connectivity index (χ3n) is 7.97. The van der Waals surface area contributed by atoms with Crippen LogP contribution in [0.3, 0.4) is 0 Å². The normalized spacial score (nSPS) is 19.2. The van der Waals surface area contributed by atoms with E-state index in [1.807, 2.05) is 43.8 Å². The largest absolute Gasteiger partial charge is 0.487 e. The first-order chi connectivity index (χ1) is 20.1. The molecule has 232 valence electrons. The van der Waals surface area contributed by atoms with Gasteiger partial charge < -0.3 is 14.4 Å². The number of ether oxygens (including phenoxy) is 2. The minimum Gasteiger partial charge on any atom is -0.487 e. The fourth-order valence-corrected chi connectivity index (χ4v) is 7.73. The topological polar surface area (TPSA) is 98.9 Å². The number of halogens is 1. The molecule has 0 bridgehead atoms. The van der Waals surface area contributed by atoms with Crippen molar-refractivity contribution in [3.05, 3.63) is 58.1 Å². The molecule has 1 aliphatic heterocycles. The van der Waals surface area contributed by atoms with E-state index in [0.29, 0.717) is 36.4 Å². The molecule has 7 nitrogen and oxygen atoms in total. The first kappa shape index (κ1) is 33.0. The number of thioether (sulfide) groups is 1. The summed E-state index contributed by atoms with van der Waals surface area (Å²) in [7, 11) is -3.37. The predicted molar refractivity (Wildman–Crippen MR) is 173 cm³/mol. The van der Waals surface area contributed by atoms with E-state index < -0.39 is 10.0 Å². The molecule has 0 unspecified atom stereocenters. The average Bonchev–Trinajstić information content (AvgIpc) is 2.96. The van der Waals surface area contributed by atoms with Gasteiger partial charge in [-0.15, -0.1) is 0 Å². The average molecular weight is 637 g/mol. The van der Waals surface area contributed by atoms with Crippen LogP contribution >= 0.6 is 23.4 Å². The van der Waals surface area contributed by atoms with Gasteiger partial charge in [-0.25, -0.2) is 18.4 Å². The second-order valence-corrected chi connectivity index (χ2v) is 15.5. The minimum atomic E-state index is -3.37. The van der Waals surface area contributed by atoms with E-state index in [1.54, 1.807) is 6.07 Å². The van der Waals surface area contributed by atoms with Crippen LogP contribution in [-0.4, -0.2) is 50.8 Å². The number of fused-ring (bicyclic) bond motifs is 2. The summed E-state index contributed by atoms with van der Waals surface area (Å²) in [6, 6.07) is 11.7. The smallest absolute Gasteiger partial charge is 0.338 e. The highest BCUT2D eigenvalue weighted by atomic mass is 35.5. The zero-order valence-corrected chi connectivity index (χ0v) is 27.2. The van der Waals surface area contributed by atoms with E-state index in [1.165, 1.54) is 18.4 Å². The van der Waals surface area contributed by atoms with Crippen LogP contribution in [-0.2, 0) is 27.8 Å². The molecule has 1 fully saturated rings. The number of esters is 1. The molecule has 0 aromatic heterocycles. The molecule has 42 heavy (non-hydrogen) atoms. The summed E-state index contributed by atoms with van der Waals surface area (Å²) < 4.78 is 34.3.